The van der Waals surface area contributed by atoms with Crippen LogP contribution in [0, 0.1) is 0 Å². The Morgan fingerprint density at radius 3 is 2.00 bits per heavy atom. The Kier molecular flexibility index (Phi) is 4.95. The zero-order valence-corrected chi connectivity index (χ0v) is 12.8. The van der Waals surface area contributed by atoms with Crippen molar-refractivity contribution in [3.8, 4) is 5.75 Å². The highest BCUT2D eigenvalue weighted by Crippen LogP contribution is 2.18. The van der Waals surface area contributed by atoms with Gasteiger partial charge >= 0.3 is 0 Å². The number of benzene rings is 1. The second-order valence-electron chi connectivity index (χ2n) is 4.02. The molecule has 0 spiro atoms. The van der Waals surface area contributed by atoms with Crippen LogP contribution in [0.2, 0.25) is 0 Å². The van der Waals surface area contributed by atoms with Crippen LogP contribution in [0.5, 0.6) is 5.75 Å². The first-order valence-electron chi connectivity index (χ1n) is 5.63. The van der Waals surface area contributed by atoms with Crippen LogP contribution in [0.1, 0.15) is 13.8 Å². The van der Waals surface area contributed by atoms with Gasteiger partial charge < -0.3 is 5.11 Å². The van der Waals surface area contributed by atoms with Gasteiger partial charge in [0, 0.05) is 0 Å². The minimum absolute atomic E-state index is 0.0913. The highest BCUT2D eigenvalue weighted by molar-refractivity contribution is 7.90. The molecule has 0 saturated heterocycles. The molecule has 0 aliphatic carbocycles. The fourth-order valence-corrected chi connectivity index (χ4v) is 2.81. The van der Waals surface area contributed by atoms with E-state index in [4.69, 9.17) is 9.11 Å². The van der Waals surface area contributed by atoms with Crippen LogP contribution >= 0.6 is 0 Å². The molecule has 0 fully saturated rings. The minimum Gasteiger partial charge on any atom is -0.506 e. The molecule has 3 N–H and O–H groups in total. The number of hydrogen-bond acceptors (Lipinski definition) is 5. The quantitative estimate of drug-likeness (QED) is 0.664. The lowest BCUT2D eigenvalue weighted by Gasteiger charge is -2.03. The van der Waals surface area contributed by atoms with E-state index in [2.05, 4.69) is 0 Å². The van der Waals surface area contributed by atoms with Gasteiger partial charge in [-0.15, -0.1) is 0 Å². The maximum absolute atomic E-state index is 11.1. The number of phenolic OH excluding ortho intramolecular Hbond substituents is 1. The highest BCUT2D eigenvalue weighted by atomic mass is 32.2. The highest BCUT2D eigenvalue weighted by Gasteiger charge is 2.16. The van der Waals surface area contributed by atoms with E-state index < -0.39 is 35.8 Å². The lowest BCUT2D eigenvalue weighted by atomic mass is 10.2. The lowest BCUT2D eigenvalue weighted by molar-refractivity contribution is 0.442. The molecule has 0 radical (unpaired) electrons. The first kappa shape index (κ1) is 17.4. The summed E-state index contributed by atoms with van der Waals surface area (Å²) >= 11 is 0. The Hall–Kier alpha value is -1.68. The van der Waals surface area contributed by atoms with Crippen LogP contribution in [-0.4, -0.2) is 31.0 Å². The smallest absolute Gasteiger partial charge is 0.298 e. The van der Waals surface area contributed by atoms with Gasteiger partial charge in [-0.2, -0.15) is 16.8 Å². The molecule has 21 heavy (non-hydrogen) atoms. The summed E-state index contributed by atoms with van der Waals surface area (Å²) in [4.78, 5) is -1.21. The molecule has 116 valence electrons. The molecule has 7 nitrogen and oxygen atoms in total. The Bertz CT molecular complexity index is 907. The van der Waals surface area contributed by atoms with E-state index in [1.807, 2.05) is 0 Å². The van der Waals surface area contributed by atoms with Crippen molar-refractivity contribution in [1.29, 1.82) is 0 Å². The summed E-state index contributed by atoms with van der Waals surface area (Å²) < 4.78 is 62.6. The molecule has 0 aliphatic heterocycles. The average molecular weight is 334 g/mol. The SMILES string of the molecule is C/C=c1/cc(O)c(S(=O)(=O)O)c/c1=C/C(=C\C)S(=O)(=O)O. The van der Waals surface area contributed by atoms with E-state index in [-0.39, 0.29) is 5.22 Å². The second-order valence-corrected chi connectivity index (χ2v) is 6.83. The number of hydrogen-bond donors (Lipinski definition) is 3. The molecule has 0 atom stereocenters. The van der Waals surface area contributed by atoms with Crippen molar-refractivity contribution in [2.24, 2.45) is 0 Å². The van der Waals surface area contributed by atoms with Crippen molar-refractivity contribution in [2.75, 3.05) is 0 Å². The van der Waals surface area contributed by atoms with Crippen LogP contribution in [-0.2, 0) is 20.2 Å². The van der Waals surface area contributed by atoms with E-state index in [0.717, 1.165) is 24.3 Å². The van der Waals surface area contributed by atoms with E-state index in [1.165, 1.54) is 13.0 Å². The van der Waals surface area contributed by atoms with E-state index >= 15 is 0 Å². The predicted molar refractivity (Wildman–Crippen MR) is 77.1 cm³/mol. The molecule has 0 unspecified atom stereocenters. The van der Waals surface area contributed by atoms with Crippen molar-refractivity contribution in [1.82, 2.24) is 0 Å². The van der Waals surface area contributed by atoms with Crippen molar-refractivity contribution < 1.29 is 31.0 Å². The molecule has 1 rings (SSSR count). The van der Waals surface area contributed by atoms with Crippen LogP contribution < -0.4 is 10.4 Å². The van der Waals surface area contributed by atoms with Gasteiger partial charge in [-0.05, 0) is 42.5 Å². The van der Waals surface area contributed by atoms with Gasteiger partial charge in [-0.1, -0.05) is 12.2 Å². The third kappa shape index (κ3) is 4.14. The Balaban J connectivity index is 3.88. The molecular weight excluding hydrogens is 320 g/mol. The first-order chi connectivity index (χ1) is 9.50. The van der Waals surface area contributed by atoms with Crippen LogP contribution in [0.25, 0.3) is 12.2 Å². The summed E-state index contributed by atoms with van der Waals surface area (Å²) in [6.07, 6.45) is 3.64. The summed E-state index contributed by atoms with van der Waals surface area (Å²) in [7, 11) is -9.15. The van der Waals surface area contributed by atoms with Crippen molar-refractivity contribution in [3.63, 3.8) is 0 Å². The monoisotopic (exact) mass is 334 g/mol. The fraction of sp³-hybridized carbons (Fsp3) is 0.167. The number of allylic oxidation sites excluding steroid dienone is 2. The third-order valence-electron chi connectivity index (χ3n) is 2.63. The fourth-order valence-electron chi connectivity index (χ4n) is 1.64. The molecule has 0 aliphatic rings. The van der Waals surface area contributed by atoms with Gasteiger partial charge in [0.1, 0.15) is 10.6 Å². The Morgan fingerprint density at radius 2 is 1.62 bits per heavy atom. The predicted octanol–water partition coefficient (Wildman–Crippen LogP) is 0.0114. The molecule has 0 aromatic heterocycles. The molecule has 1 aromatic rings. The van der Waals surface area contributed by atoms with Crippen LogP contribution in [0.15, 0.2) is 28.0 Å². The maximum Gasteiger partial charge on any atom is 0.298 e. The molecule has 9 heteroatoms. The molecular formula is C12H14O7S2. The van der Waals surface area contributed by atoms with Crippen molar-refractivity contribution in [3.05, 3.63) is 33.6 Å². The maximum atomic E-state index is 11.1. The van der Waals surface area contributed by atoms with Crippen LogP contribution in [0.3, 0.4) is 0 Å². The first-order valence-corrected chi connectivity index (χ1v) is 8.51. The van der Waals surface area contributed by atoms with E-state index in [1.54, 1.807) is 6.92 Å². The largest absolute Gasteiger partial charge is 0.506 e. The molecule has 1 aromatic carbocycles. The summed E-state index contributed by atoms with van der Waals surface area (Å²) in [5.41, 5.74) is 0. The Morgan fingerprint density at radius 1 is 1.05 bits per heavy atom. The van der Waals surface area contributed by atoms with E-state index in [0.29, 0.717) is 5.22 Å². The molecule has 0 heterocycles. The average Bonchev–Trinajstić information content (AvgIpc) is 2.33. The number of aromatic hydroxyl groups is 1. The van der Waals surface area contributed by atoms with Gasteiger partial charge in [0.15, 0.2) is 0 Å². The normalized spacial score (nSPS) is 15.5. The molecule has 0 amide bonds. The number of phenols is 1. The molecule has 0 bridgehead atoms. The van der Waals surface area contributed by atoms with Crippen molar-refractivity contribution >= 4 is 32.4 Å². The van der Waals surface area contributed by atoms with E-state index in [9.17, 15) is 21.9 Å². The van der Waals surface area contributed by atoms with Gasteiger partial charge in [0.25, 0.3) is 20.2 Å². The minimum atomic E-state index is -4.67. The lowest BCUT2D eigenvalue weighted by Crippen LogP contribution is -2.26. The Labute approximate surface area is 122 Å². The second kappa shape index (κ2) is 5.98. The molecule has 0 saturated carbocycles. The van der Waals surface area contributed by atoms with Gasteiger partial charge in [-0.25, -0.2) is 0 Å². The third-order valence-corrected chi connectivity index (χ3v) is 4.47. The van der Waals surface area contributed by atoms with Gasteiger partial charge in [0.05, 0.1) is 4.91 Å². The summed E-state index contributed by atoms with van der Waals surface area (Å²) in [5, 5.41) is 9.99. The van der Waals surface area contributed by atoms with Gasteiger partial charge in [-0.3, -0.25) is 9.11 Å². The summed E-state index contributed by atoms with van der Waals surface area (Å²) in [6, 6.07) is 1.97. The summed E-state index contributed by atoms with van der Waals surface area (Å²) in [5.74, 6) is -0.670. The van der Waals surface area contributed by atoms with Crippen molar-refractivity contribution in [2.45, 2.75) is 18.7 Å². The standard InChI is InChI=1S/C12H14O7S2/c1-3-8-6-11(13)12(21(17,18)19)7-9(8)5-10(4-2)20(14,15)16/h3-7,13H,1-2H3,(H,14,15,16)(H,17,18,19)/b8-3-,9-5-,10-4+. The number of rotatable bonds is 3. The topological polar surface area (TPSA) is 129 Å². The summed E-state index contributed by atoms with van der Waals surface area (Å²) in [6.45, 7) is 2.96. The zero-order chi connectivity index (χ0) is 16.4. The zero-order valence-electron chi connectivity index (χ0n) is 11.2. The van der Waals surface area contributed by atoms with Gasteiger partial charge in [0.2, 0.25) is 0 Å². The van der Waals surface area contributed by atoms with Crippen LogP contribution in [0.4, 0.5) is 0 Å².